The van der Waals surface area contributed by atoms with Gasteiger partial charge in [-0.05, 0) is 38.5 Å². The van der Waals surface area contributed by atoms with Crippen molar-refractivity contribution >= 4 is 17.0 Å². The molecule has 0 aliphatic rings. The average molecular weight is 345 g/mol. The van der Waals surface area contributed by atoms with Crippen molar-refractivity contribution in [1.82, 2.24) is 15.0 Å². The largest absolute Gasteiger partial charge is 0.466 e. The van der Waals surface area contributed by atoms with Crippen LogP contribution < -0.4 is 0 Å². The quantitative estimate of drug-likeness (QED) is 0.484. The third kappa shape index (κ3) is 4.66. The van der Waals surface area contributed by atoms with Crippen molar-refractivity contribution in [1.29, 1.82) is 0 Å². The summed E-state index contributed by atoms with van der Waals surface area (Å²) in [4.78, 5) is 11.9. The first-order chi connectivity index (χ1) is 12.2. The molecule has 0 bridgehead atoms. The molecule has 0 amide bonds. The van der Waals surface area contributed by atoms with Gasteiger partial charge in [0.15, 0.2) is 5.72 Å². The van der Waals surface area contributed by atoms with Crippen LogP contribution in [0.4, 0.5) is 0 Å². The van der Waals surface area contributed by atoms with E-state index in [0.717, 1.165) is 23.9 Å². The Hall–Kier alpha value is -2.21. The molecule has 0 fully saturated rings. The van der Waals surface area contributed by atoms with Gasteiger partial charge in [0.1, 0.15) is 5.52 Å². The molecule has 25 heavy (non-hydrogen) atoms. The highest BCUT2D eigenvalue weighted by Gasteiger charge is 2.33. The van der Waals surface area contributed by atoms with Crippen molar-refractivity contribution in [3.63, 3.8) is 0 Å². The number of hydrogen-bond donors (Lipinski definition) is 0. The summed E-state index contributed by atoms with van der Waals surface area (Å²) in [7, 11) is 0. The Morgan fingerprint density at radius 1 is 1.24 bits per heavy atom. The summed E-state index contributed by atoms with van der Waals surface area (Å²) < 4.78 is 13.0. The highest BCUT2D eigenvalue weighted by atomic mass is 16.5. The number of hydrogen-bond acceptors (Lipinski definition) is 5. The van der Waals surface area contributed by atoms with Crippen molar-refractivity contribution < 1.29 is 14.3 Å². The summed E-state index contributed by atoms with van der Waals surface area (Å²) in [5.74, 6) is -0.236. The van der Waals surface area contributed by atoms with E-state index in [-0.39, 0.29) is 12.4 Å². The van der Waals surface area contributed by atoms with Crippen LogP contribution >= 0.6 is 0 Å². The number of fused-ring (bicyclic) bond motifs is 1. The number of rotatable bonds is 10. The van der Waals surface area contributed by atoms with E-state index in [0.29, 0.717) is 19.6 Å². The number of aromatic nitrogens is 3. The topological polar surface area (TPSA) is 66.2 Å². The second kappa shape index (κ2) is 9.32. The van der Waals surface area contributed by atoms with Crippen molar-refractivity contribution in [2.75, 3.05) is 13.2 Å². The van der Waals surface area contributed by atoms with Crippen LogP contribution in [-0.4, -0.2) is 34.2 Å². The van der Waals surface area contributed by atoms with E-state index >= 15 is 0 Å². The van der Waals surface area contributed by atoms with Gasteiger partial charge in [0, 0.05) is 13.0 Å². The summed E-state index contributed by atoms with van der Waals surface area (Å²) in [6, 6.07) is 7.74. The van der Waals surface area contributed by atoms with Crippen LogP contribution in [0.25, 0.3) is 11.0 Å². The number of carbonyl (C=O) groups excluding carboxylic acids is 1. The Balaban J connectivity index is 2.42. The maximum absolute atomic E-state index is 11.9. The fourth-order valence-corrected chi connectivity index (χ4v) is 2.79. The van der Waals surface area contributed by atoms with Gasteiger partial charge in [-0.3, -0.25) is 4.79 Å². The van der Waals surface area contributed by atoms with E-state index in [4.69, 9.17) is 9.47 Å². The smallest absolute Gasteiger partial charge is 0.305 e. The first-order valence-corrected chi connectivity index (χ1v) is 8.95. The van der Waals surface area contributed by atoms with Crippen LogP contribution in [0.3, 0.4) is 0 Å². The molecule has 0 aliphatic carbocycles. The number of nitrogens with zero attached hydrogens (tertiary/aromatic N) is 3. The number of allylic oxidation sites excluding steroid dienone is 1. The molecule has 0 aliphatic heterocycles. The van der Waals surface area contributed by atoms with Crippen LogP contribution in [0, 0.1) is 0 Å². The van der Waals surface area contributed by atoms with Gasteiger partial charge in [-0.1, -0.05) is 36.8 Å². The van der Waals surface area contributed by atoms with Crippen molar-refractivity contribution in [3.05, 3.63) is 36.4 Å². The third-order valence-electron chi connectivity index (χ3n) is 3.93. The Morgan fingerprint density at radius 2 is 2.04 bits per heavy atom. The SMILES string of the molecule is CCC/C=C/C(CCC(=O)OCC)(OCC)n1nnc2ccccc21. The molecule has 2 aromatic rings. The molecule has 6 heteroatoms. The molecule has 1 unspecified atom stereocenters. The van der Waals surface area contributed by atoms with Crippen molar-refractivity contribution in [2.24, 2.45) is 0 Å². The number of esters is 1. The third-order valence-corrected chi connectivity index (χ3v) is 3.93. The fourth-order valence-electron chi connectivity index (χ4n) is 2.79. The van der Waals surface area contributed by atoms with Gasteiger partial charge >= 0.3 is 5.97 Å². The normalized spacial score (nSPS) is 14.0. The molecular formula is C19H27N3O3. The molecule has 1 atom stereocenters. The number of ether oxygens (including phenoxy) is 2. The lowest BCUT2D eigenvalue weighted by Gasteiger charge is -2.31. The van der Waals surface area contributed by atoms with Gasteiger partial charge in [0.05, 0.1) is 18.5 Å². The molecule has 0 spiro atoms. The maximum atomic E-state index is 11.9. The zero-order valence-electron chi connectivity index (χ0n) is 15.3. The molecule has 2 rings (SSSR count). The summed E-state index contributed by atoms with van der Waals surface area (Å²) in [5.41, 5.74) is 0.819. The molecule has 0 saturated carbocycles. The summed E-state index contributed by atoms with van der Waals surface area (Å²) in [5, 5.41) is 8.57. The molecule has 1 heterocycles. The van der Waals surface area contributed by atoms with E-state index in [9.17, 15) is 4.79 Å². The lowest BCUT2D eigenvalue weighted by molar-refractivity contribution is -0.146. The molecule has 6 nitrogen and oxygen atoms in total. The van der Waals surface area contributed by atoms with Crippen LogP contribution in [0.5, 0.6) is 0 Å². The predicted molar refractivity (Wildman–Crippen MR) is 97.0 cm³/mol. The van der Waals surface area contributed by atoms with Gasteiger partial charge in [-0.2, -0.15) is 0 Å². The molecule has 1 aromatic heterocycles. The summed E-state index contributed by atoms with van der Waals surface area (Å²) >= 11 is 0. The van der Waals surface area contributed by atoms with E-state index in [2.05, 4.69) is 23.3 Å². The lowest BCUT2D eigenvalue weighted by atomic mass is 10.0. The number of carbonyl (C=O) groups is 1. The summed E-state index contributed by atoms with van der Waals surface area (Å²) in [6.07, 6.45) is 6.74. The van der Waals surface area contributed by atoms with Gasteiger partial charge in [-0.15, -0.1) is 5.10 Å². The molecule has 1 aromatic carbocycles. The Labute approximate surface area is 148 Å². The summed E-state index contributed by atoms with van der Waals surface area (Å²) in [6.45, 7) is 6.73. The van der Waals surface area contributed by atoms with E-state index in [1.165, 1.54) is 0 Å². The maximum Gasteiger partial charge on any atom is 0.305 e. The first kappa shape index (κ1) is 19.1. The monoisotopic (exact) mass is 345 g/mol. The standard InChI is InChI=1S/C19H27N3O3/c1-4-7-10-14-19(25-6-3,15-13-18(23)24-5-2)22-17-12-9-8-11-16(17)20-21-22/h8-12,14H,4-7,13,15H2,1-3H3/b14-10+. The Morgan fingerprint density at radius 3 is 2.76 bits per heavy atom. The van der Waals surface area contributed by atoms with Crippen LogP contribution in [0.2, 0.25) is 0 Å². The average Bonchev–Trinajstić information content (AvgIpc) is 3.05. The van der Waals surface area contributed by atoms with E-state index in [1.54, 1.807) is 11.6 Å². The van der Waals surface area contributed by atoms with Gasteiger partial charge in [0.2, 0.25) is 0 Å². The molecular weight excluding hydrogens is 318 g/mol. The number of unbranched alkanes of at least 4 members (excludes halogenated alkanes) is 1. The van der Waals surface area contributed by atoms with E-state index in [1.807, 2.05) is 37.3 Å². The highest BCUT2D eigenvalue weighted by molar-refractivity contribution is 5.74. The molecule has 0 N–H and O–H groups in total. The van der Waals surface area contributed by atoms with Gasteiger partial charge in [-0.25, -0.2) is 4.68 Å². The predicted octanol–water partition coefficient (Wildman–Crippen LogP) is 3.82. The lowest BCUT2D eigenvalue weighted by Crippen LogP contribution is -2.36. The zero-order valence-corrected chi connectivity index (χ0v) is 15.3. The molecule has 0 saturated heterocycles. The van der Waals surface area contributed by atoms with Gasteiger partial charge < -0.3 is 9.47 Å². The number of para-hydroxylation sites is 1. The number of benzene rings is 1. The van der Waals surface area contributed by atoms with Crippen molar-refractivity contribution in [2.45, 2.75) is 52.2 Å². The Kier molecular flexibility index (Phi) is 7.13. The first-order valence-electron chi connectivity index (χ1n) is 8.95. The fraction of sp³-hybridized carbons (Fsp3) is 0.526. The highest BCUT2D eigenvalue weighted by Crippen LogP contribution is 2.30. The second-order valence-electron chi connectivity index (χ2n) is 5.76. The minimum absolute atomic E-state index is 0.236. The van der Waals surface area contributed by atoms with E-state index < -0.39 is 5.72 Å². The minimum Gasteiger partial charge on any atom is -0.466 e. The van der Waals surface area contributed by atoms with Crippen LogP contribution in [-0.2, 0) is 20.0 Å². The van der Waals surface area contributed by atoms with Crippen molar-refractivity contribution in [3.8, 4) is 0 Å². The van der Waals surface area contributed by atoms with Crippen LogP contribution in [0.1, 0.15) is 46.5 Å². The van der Waals surface area contributed by atoms with Gasteiger partial charge in [0.25, 0.3) is 0 Å². The Bertz CT molecular complexity index is 711. The zero-order chi connectivity index (χ0) is 18.1. The molecule has 0 radical (unpaired) electrons. The van der Waals surface area contributed by atoms with Crippen LogP contribution in [0.15, 0.2) is 36.4 Å². The minimum atomic E-state index is -0.854. The molecule has 136 valence electrons. The second-order valence-corrected chi connectivity index (χ2v) is 5.76.